The molecule has 0 aliphatic carbocycles. The third-order valence-corrected chi connectivity index (χ3v) is 7.65. The molecule has 1 amide bonds. The molecule has 1 atom stereocenters. The first-order valence-corrected chi connectivity index (χ1v) is 13.9. The number of Topliss-reactive ketones (excluding diaryl/α,β-unsaturated/α-hetero) is 1. The second-order valence-electron chi connectivity index (χ2n) is 9.63. The topological polar surface area (TPSA) is 108 Å². The van der Waals surface area contributed by atoms with Crippen LogP contribution in [0.4, 0.5) is 0 Å². The van der Waals surface area contributed by atoms with Gasteiger partial charge in [-0.3, -0.25) is 14.6 Å². The first-order valence-electron chi connectivity index (χ1n) is 13.0. The average molecular weight is 539 g/mol. The normalized spacial score (nSPS) is 11.9. The van der Waals surface area contributed by atoms with Gasteiger partial charge in [0.05, 0.1) is 35.2 Å². The predicted octanol–water partition coefficient (Wildman–Crippen LogP) is 7.00. The minimum atomic E-state index is -0.315. The highest BCUT2D eigenvalue weighted by Crippen LogP contribution is 2.27. The van der Waals surface area contributed by atoms with Crippen molar-refractivity contribution in [2.45, 2.75) is 45.1 Å². The fourth-order valence-corrected chi connectivity index (χ4v) is 5.20. The highest BCUT2D eigenvalue weighted by atomic mass is 32.1. The third kappa shape index (κ3) is 6.23. The van der Waals surface area contributed by atoms with E-state index < -0.39 is 0 Å². The number of nitrogens with one attached hydrogen (secondary N) is 2. The number of nitrogens with zero attached hydrogens (tertiary/aromatic N) is 2. The molecule has 5 aromatic rings. The molecule has 8 heteroatoms. The Bertz CT molecular complexity index is 1590. The quantitative estimate of drug-likeness (QED) is 0.124. The Labute approximate surface area is 231 Å². The molecule has 0 spiro atoms. The van der Waals surface area contributed by atoms with Gasteiger partial charge in [0.25, 0.3) is 5.91 Å². The van der Waals surface area contributed by atoms with Gasteiger partial charge in [0.15, 0.2) is 5.78 Å². The number of aromatic nitrogens is 3. The molecule has 7 nitrogen and oxygen atoms in total. The lowest BCUT2D eigenvalue weighted by Crippen LogP contribution is -2.28. The highest BCUT2D eigenvalue weighted by molar-refractivity contribution is 7.11. The lowest BCUT2D eigenvalue weighted by Gasteiger charge is -2.16. The zero-order valence-electron chi connectivity index (χ0n) is 21.7. The van der Waals surface area contributed by atoms with E-state index in [1.54, 1.807) is 43.0 Å². The number of unbranched alkanes of at least 4 members (excludes halogenated alkanes) is 2. The van der Waals surface area contributed by atoms with Crippen LogP contribution in [0.1, 0.15) is 69.6 Å². The van der Waals surface area contributed by atoms with Crippen LogP contribution in [0.2, 0.25) is 0 Å². The van der Waals surface area contributed by atoms with Gasteiger partial charge in [0.1, 0.15) is 16.5 Å². The molecule has 0 aliphatic heterocycles. The van der Waals surface area contributed by atoms with Crippen LogP contribution in [0.15, 0.2) is 78.6 Å². The molecular weight excluding hydrogens is 508 g/mol. The lowest BCUT2D eigenvalue weighted by molar-refractivity contribution is 0.0935. The molecule has 0 aliphatic rings. The van der Waals surface area contributed by atoms with Gasteiger partial charge in [0, 0.05) is 12.0 Å². The smallest absolute Gasteiger partial charge is 0.263 e. The molecule has 198 valence electrons. The van der Waals surface area contributed by atoms with Crippen molar-refractivity contribution < 1.29 is 14.7 Å². The van der Waals surface area contributed by atoms with Crippen LogP contribution in [0.3, 0.4) is 0 Å². The largest absolute Gasteiger partial charge is 0.507 e. The Morgan fingerprint density at radius 1 is 1.00 bits per heavy atom. The van der Waals surface area contributed by atoms with E-state index in [0.29, 0.717) is 41.1 Å². The van der Waals surface area contributed by atoms with E-state index in [1.165, 1.54) is 16.7 Å². The number of amides is 1. The molecule has 5 rings (SSSR count). The molecule has 0 bridgehead atoms. The first-order chi connectivity index (χ1) is 19.0. The summed E-state index contributed by atoms with van der Waals surface area (Å²) in [7, 11) is 0. The van der Waals surface area contributed by atoms with Crippen molar-refractivity contribution in [3.05, 3.63) is 100 Å². The van der Waals surface area contributed by atoms with Gasteiger partial charge in [-0.1, -0.05) is 61.4 Å². The Hall–Kier alpha value is -4.30. The van der Waals surface area contributed by atoms with E-state index in [9.17, 15) is 14.7 Å². The maximum Gasteiger partial charge on any atom is 0.263 e. The van der Waals surface area contributed by atoms with Crippen molar-refractivity contribution in [1.29, 1.82) is 0 Å². The number of aromatic amines is 1. The number of rotatable bonds is 11. The molecule has 39 heavy (non-hydrogen) atoms. The minimum absolute atomic E-state index is 0.0580. The summed E-state index contributed by atoms with van der Waals surface area (Å²) in [6, 6.07) is 19.4. The summed E-state index contributed by atoms with van der Waals surface area (Å²) in [5.74, 6) is 0.513. The van der Waals surface area contributed by atoms with Crippen LogP contribution in [0.25, 0.3) is 22.0 Å². The molecule has 0 unspecified atom stereocenters. The predicted molar refractivity (Wildman–Crippen MR) is 154 cm³/mol. The van der Waals surface area contributed by atoms with Gasteiger partial charge < -0.3 is 15.4 Å². The zero-order valence-corrected chi connectivity index (χ0v) is 22.5. The van der Waals surface area contributed by atoms with Crippen molar-refractivity contribution in [3.8, 4) is 17.0 Å². The van der Waals surface area contributed by atoms with E-state index in [-0.39, 0.29) is 23.5 Å². The van der Waals surface area contributed by atoms with Crippen LogP contribution < -0.4 is 5.32 Å². The molecule has 3 N–H and O–H groups in total. The number of H-pyrrole nitrogens is 1. The van der Waals surface area contributed by atoms with Crippen LogP contribution in [-0.4, -0.2) is 31.7 Å². The third-order valence-electron chi connectivity index (χ3n) is 6.88. The molecule has 2 heterocycles. The van der Waals surface area contributed by atoms with Crippen molar-refractivity contribution in [2.75, 3.05) is 0 Å². The number of carbonyl (C=O) groups excluding carboxylic acids is 2. The average Bonchev–Trinajstić information content (AvgIpc) is 3.66. The minimum Gasteiger partial charge on any atom is -0.507 e. The number of hydrogen-bond donors (Lipinski definition) is 3. The standard InChI is InChI=1S/C31H30N4O3S/c1-20-8-7-11-24(29(20)37)27(36)13-4-2-3-12-25(35-31(38)28-18-32-19-39-28)30-33-17-26(34-30)23-15-14-21-9-5-6-10-22(21)16-23/h5-11,14-19,25,37H,2-4,12-13H2,1H3,(H,33,34)(H,35,38)/t25-/m0/s1. The number of aromatic hydroxyl groups is 1. The molecule has 0 saturated carbocycles. The Morgan fingerprint density at radius 2 is 1.85 bits per heavy atom. The van der Waals surface area contributed by atoms with Crippen molar-refractivity contribution >= 4 is 33.8 Å². The van der Waals surface area contributed by atoms with Crippen molar-refractivity contribution in [3.63, 3.8) is 0 Å². The zero-order chi connectivity index (χ0) is 27.2. The van der Waals surface area contributed by atoms with E-state index in [2.05, 4.69) is 50.6 Å². The SMILES string of the molecule is Cc1cccc(C(=O)CCCCC[C@H](NC(=O)c2cncs2)c2ncc(-c3ccc4ccccc4c3)[nH]2)c1O. The van der Waals surface area contributed by atoms with Gasteiger partial charge in [-0.05, 0) is 48.2 Å². The summed E-state index contributed by atoms with van der Waals surface area (Å²) in [4.78, 5) is 38.1. The van der Waals surface area contributed by atoms with E-state index in [1.807, 2.05) is 12.1 Å². The summed E-state index contributed by atoms with van der Waals surface area (Å²) in [6.45, 7) is 1.78. The fourth-order valence-electron chi connectivity index (χ4n) is 4.68. The molecule has 0 fully saturated rings. The maximum atomic E-state index is 12.9. The van der Waals surface area contributed by atoms with E-state index in [4.69, 9.17) is 0 Å². The van der Waals surface area contributed by atoms with Gasteiger partial charge in [-0.2, -0.15) is 0 Å². The summed E-state index contributed by atoms with van der Waals surface area (Å²) in [5, 5.41) is 15.6. The second-order valence-corrected chi connectivity index (χ2v) is 10.5. The number of carbonyl (C=O) groups is 2. The van der Waals surface area contributed by atoms with Crippen LogP contribution in [0.5, 0.6) is 5.75 Å². The van der Waals surface area contributed by atoms with Gasteiger partial charge in [-0.25, -0.2) is 4.98 Å². The summed E-state index contributed by atoms with van der Waals surface area (Å²) >= 11 is 1.29. The molecular formula is C31H30N4O3S. The van der Waals surface area contributed by atoms with Gasteiger partial charge in [-0.15, -0.1) is 11.3 Å². The number of phenolic OH excluding ortho intramolecular Hbond substituents is 1. The highest BCUT2D eigenvalue weighted by Gasteiger charge is 2.20. The molecule has 0 saturated heterocycles. The Morgan fingerprint density at radius 3 is 2.67 bits per heavy atom. The van der Waals surface area contributed by atoms with E-state index >= 15 is 0 Å². The van der Waals surface area contributed by atoms with Crippen molar-refractivity contribution in [2.24, 2.45) is 0 Å². The number of thiazole rings is 1. The number of aryl methyl sites for hydroxylation is 1. The number of benzene rings is 3. The molecule has 2 aromatic heterocycles. The fraction of sp³-hybridized carbons (Fsp3) is 0.226. The number of fused-ring (bicyclic) bond motifs is 1. The summed E-state index contributed by atoms with van der Waals surface area (Å²) < 4.78 is 0. The number of ketones is 1. The van der Waals surface area contributed by atoms with E-state index in [0.717, 1.165) is 29.5 Å². The van der Waals surface area contributed by atoms with Crippen LogP contribution >= 0.6 is 11.3 Å². The second kappa shape index (κ2) is 12.0. The number of para-hydroxylation sites is 1. The summed E-state index contributed by atoms with van der Waals surface area (Å²) in [6.07, 6.45) is 6.70. The number of phenols is 1. The lowest BCUT2D eigenvalue weighted by atomic mass is 10.0. The Kier molecular flexibility index (Phi) is 8.13. The summed E-state index contributed by atoms with van der Waals surface area (Å²) in [5.41, 5.74) is 4.62. The Balaban J connectivity index is 1.25. The monoisotopic (exact) mass is 538 g/mol. The molecule has 0 radical (unpaired) electrons. The van der Waals surface area contributed by atoms with Gasteiger partial charge in [0.2, 0.25) is 0 Å². The number of hydrogen-bond acceptors (Lipinski definition) is 6. The maximum absolute atomic E-state index is 12.9. The van der Waals surface area contributed by atoms with Crippen molar-refractivity contribution in [1.82, 2.24) is 20.3 Å². The number of imidazole rings is 1. The first kappa shape index (κ1) is 26.3. The van der Waals surface area contributed by atoms with Gasteiger partial charge >= 0.3 is 0 Å². The van der Waals surface area contributed by atoms with Crippen LogP contribution in [-0.2, 0) is 0 Å². The molecule has 3 aromatic carbocycles. The van der Waals surface area contributed by atoms with Crippen LogP contribution in [0, 0.1) is 6.92 Å².